The monoisotopic (exact) mass is 421 g/mol. The number of amides is 2. The number of hydrogen-bond donors (Lipinski definition) is 1. The van der Waals surface area contributed by atoms with Gasteiger partial charge in [0.1, 0.15) is 5.57 Å². The maximum absolute atomic E-state index is 12.5. The molecule has 0 bridgehead atoms. The fourth-order valence-electron chi connectivity index (χ4n) is 2.27. The van der Waals surface area contributed by atoms with Crippen LogP contribution in [0.15, 0.2) is 52.5 Å². The van der Waals surface area contributed by atoms with Crippen molar-refractivity contribution < 1.29 is 14.5 Å². The lowest BCUT2D eigenvalue weighted by Crippen LogP contribution is -2.35. The molecule has 0 spiro atoms. The Kier molecular flexibility index (Phi) is 4.56. The van der Waals surface area contributed by atoms with Crippen LogP contribution in [0, 0.1) is 10.1 Å². The van der Waals surface area contributed by atoms with Crippen molar-refractivity contribution in [2.75, 3.05) is 5.01 Å². The summed E-state index contributed by atoms with van der Waals surface area (Å²) >= 11 is 9.32. The fraction of sp³-hybridized carbons (Fsp3) is 0. The first-order chi connectivity index (χ1) is 11.9. The van der Waals surface area contributed by atoms with Gasteiger partial charge in [0.15, 0.2) is 0 Å². The average Bonchev–Trinajstić information content (AvgIpc) is 2.84. The van der Waals surface area contributed by atoms with Gasteiger partial charge in [0.25, 0.3) is 17.5 Å². The molecule has 0 radical (unpaired) electrons. The molecule has 7 nitrogen and oxygen atoms in total. The third-order valence-corrected chi connectivity index (χ3v) is 4.29. The highest BCUT2D eigenvalue weighted by Gasteiger charge is 2.34. The Morgan fingerprint density at radius 3 is 2.64 bits per heavy atom. The van der Waals surface area contributed by atoms with E-state index in [2.05, 4.69) is 21.4 Å². The van der Waals surface area contributed by atoms with Gasteiger partial charge in [-0.15, -0.1) is 0 Å². The van der Waals surface area contributed by atoms with Gasteiger partial charge in [0, 0.05) is 27.2 Å². The molecule has 0 unspecified atom stereocenters. The lowest BCUT2D eigenvalue weighted by Gasteiger charge is -2.14. The molecule has 126 valence electrons. The van der Waals surface area contributed by atoms with Gasteiger partial charge in [-0.05, 0) is 30.3 Å². The van der Waals surface area contributed by atoms with Gasteiger partial charge in [-0.1, -0.05) is 33.6 Å². The van der Waals surface area contributed by atoms with E-state index in [1.807, 2.05) is 0 Å². The summed E-state index contributed by atoms with van der Waals surface area (Å²) in [6.45, 7) is 0. The molecule has 1 heterocycles. The number of rotatable bonds is 3. The Hall–Kier alpha value is -2.71. The molecule has 2 amide bonds. The molecule has 25 heavy (non-hydrogen) atoms. The summed E-state index contributed by atoms with van der Waals surface area (Å²) in [5.41, 5.74) is 2.79. The van der Waals surface area contributed by atoms with Crippen molar-refractivity contribution in [2.45, 2.75) is 0 Å². The first-order valence-corrected chi connectivity index (χ1v) is 8.10. The number of nitrogens with one attached hydrogen (secondary N) is 1. The molecule has 0 atom stereocenters. The Balaban J connectivity index is 1.99. The number of anilines is 1. The highest BCUT2D eigenvalue weighted by molar-refractivity contribution is 9.10. The minimum absolute atomic E-state index is 0.164. The Morgan fingerprint density at radius 1 is 1.20 bits per heavy atom. The van der Waals surface area contributed by atoms with Crippen molar-refractivity contribution in [1.29, 1.82) is 0 Å². The number of benzene rings is 2. The molecule has 1 N–H and O–H groups in total. The first kappa shape index (κ1) is 17.1. The number of halogens is 2. The SMILES string of the molecule is O=C1NN(c2cccc(Br)c2)C(=O)/C1=C/c1cc([N+](=O)[O-])ccc1Cl. The van der Waals surface area contributed by atoms with Crippen molar-refractivity contribution in [3.05, 3.63) is 73.2 Å². The van der Waals surface area contributed by atoms with Crippen LogP contribution in [-0.4, -0.2) is 16.7 Å². The summed E-state index contributed by atoms with van der Waals surface area (Å²) in [7, 11) is 0. The zero-order valence-electron chi connectivity index (χ0n) is 12.4. The van der Waals surface area contributed by atoms with Crippen LogP contribution in [-0.2, 0) is 9.59 Å². The lowest BCUT2D eigenvalue weighted by atomic mass is 10.1. The van der Waals surface area contributed by atoms with Crippen LogP contribution in [0.3, 0.4) is 0 Å². The molecule has 9 heteroatoms. The van der Waals surface area contributed by atoms with Crippen molar-refractivity contribution in [2.24, 2.45) is 0 Å². The number of nitrogens with zero attached hydrogens (tertiary/aromatic N) is 2. The molecule has 0 aromatic heterocycles. The summed E-state index contributed by atoms with van der Waals surface area (Å²) < 4.78 is 0.742. The van der Waals surface area contributed by atoms with Crippen molar-refractivity contribution in [1.82, 2.24) is 5.43 Å². The van der Waals surface area contributed by atoms with Gasteiger partial charge in [-0.3, -0.25) is 25.1 Å². The maximum atomic E-state index is 12.5. The van der Waals surface area contributed by atoms with E-state index in [0.717, 1.165) is 9.48 Å². The minimum atomic E-state index is -0.618. The van der Waals surface area contributed by atoms with Crippen molar-refractivity contribution in [3.63, 3.8) is 0 Å². The maximum Gasteiger partial charge on any atom is 0.282 e. The second kappa shape index (κ2) is 6.66. The van der Waals surface area contributed by atoms with Crippen LogP contribution >= 0.6 is 27.5 Å². The normalized spacial score (nSPS) is 15.6. The van der Waals surface area contributed by atoms with Crippen LogP contribution in [0.2, 0.25) is 5.02 Å². The zero-order valence-corrected chi connectivity index (χ0v) is 14.7. The summed E-state index contributed by atoms with van der Waals surface area (Å²) in [5, 5.41) is 12.2. The van der Waals surface area contributed by atoms with Gasteiger partial charge in [-0.25, -0.2) is 5.01 Å². The van der Waals surface area contributed by atoms with E-state index >= 15 is 0 Å². The summed E-state index contributed by atoms with van der Waals surface area (Å²) in [5.74, 6) is -1.20. The molecule has 2 aromatic carbocycles. The number of non-ortho nitro benzene ring substituents is 1. The number of hydrogen-bond acceptors (Lipinski definition) is 4. The topological polar surface area (TPSA) is 92.6 Å². The quantitative estimate of drug-likeness (QED) is 0.355. The van der Waals surface area contributed by atoms with E-state index < -0.39 is 16.7 Å². The number of carbonyl (C=O) groups is 2. The van der Waals surface area contributed by atoms with Gasteiger partial charge in [0.2, 0.25) is 0 Å². The second-order valence-corrected chi connectivity index (χ2v) is 6.41. The fourth-order valence-corrected chi connectivity index (χ4v) is 2.82. The van der Waals surface area contributed by atoms with Crippen LogP contribution in [0.5, 0.6) is 0 Å². The number of nitro benzene ring substituents is 1. The molecule has 0 saturated carbocycles. The van der Waals surface area contributed by atoms with Crippen LogP contribution in [0.1, 0.15) is 5.56 Å². The van der Waals surface area contributed by atoms with Gasteiger partial charge in [0.05, 0.1) is 10.6 Å². The highest BCUT2D eigenvalue weighted by Crippen LogP contribution is 2.28. The molecular weight excluding hydrogens is 414 g/mol. The summed E-state index contributed by atoms with van der Waals surface area (Å²) in [6, 6.07) is 10.6. The standard InChI is InChI=1S/C16H9BrClN3O4/c17-10-2-1-3-11(8-10)20-16(23)13(15(22)19-20)7-9-6-12(21(24)25)4-5-14(9)18/h1-8H,(H,19,22)/b13-7+. The Labute approximate surface area is 155 Å². The van der Waals surface area contributed by atoms with E-state index in [-0.39, 0.29) is 21.8 Å². The summed E-state index contributed by atoms with van der Waals surface area (Å²) in [4.78, 5) is 35.0. The number of carbonyl (C=O) groups excluding carboxylic acids is 2. The molecule has 1 saturated heterocycles. The molecule has 0 aliphatic carbocycles. The van der Waals surface area contributed by atoms with Gasteiger partial charge in [-0.2, -0.15) is 0 Å². The van der Waals surface area contributed by atoms with Crippen molar-refractivity contribution >= 4 is 56.8 Å². The predicted molar refractivity (Wildman–Crippen MR) is 95.9 cm³/mol. The molecule has 3 rings (SSSR count). The average molecular weight is 423 g/mol. The van der Waals surface area contributed by atoms with Crippen LogP contribution in [0.25, 0.3) is 6.08 Å². The number of nitro groups is 1. The van der Waals surface area contributed by atoms with Gasteiger partial charge >= 0.3 is 0 Å². The van der Waals surface area contributed by atoms with Gasteiger partial charge < -0.3 is 0 Å². The lowest BCUT2D eigenvalue weighted by molar-refractivity contribution is -0.384. The molecule has 1 fully saturated rings. The largest absolute Gasteiger partial charge is 0.282 e. The molecule has 1 aliphatic rings. The van der Waals surface area contributed by atoms with Crippen molar-refractivity contribution in [3.8, 4) is 0 Å². The number of hydrazine groups is 1. The highest BCUT2D eigenvalue weighted by atomic mass is 79.9. The zero-order chi connectivity index (χ0) is 18.1. The second-order valence-electron chi connectivity index (χ2n) is 5.08. The molecule has 2 aromatic rings. The molecular formula is C16H9BrClN3O4. The van der Waals surface area contributed by atoms with Crippen LogP contribution < -0.4 is 10.4 Å². The van der Waals surface area contributed by atoms with E-state index in [0.29, 0.717) is 5.69 Å². The Morgan fingerprint density at radius 2 is 1.96 bits per heavy atom. The molecule has 1 aliphatic heterocycles. The third kappa shape index (κ3) is 3.40. The van der Waals surface area contributed by atoms with E-state index in [4.69, 9.17) is 11.6 Å². The third-order valence-electron chi connectivity index (χ3n) is 3.45. The van der Waals surface area contributed by atoms with Crippen LogP contribution in [0.4, 0.5) is 11.4 Å². The smallest absolute Gasteiger partial charge is 0.267 e. The van der Waals surface area contributed by atoms with E-state index in [9.17, 15) is 19.7 Å². The first-order valence-electron chi connectivity index (χ1n) is 6.93. The van der Waals surface area contributed by atoms with E-state index in [1.165, 1.54) is 24.3 Å². The minimum Gasteiger partial charge on any atom is -0.267 e. The Bertz CT molecular complexity index is 945. The summed E-state index contributed by atoms with van der Waals surface area (Å²) in [6.07, 6.45) is 1.24. The predicted octanol–water partition coefficient (Wildman–Crippen LogP) is 3.47. The van der Waals surface area contributed by atoms with E-state index in [1.54, 1.807) is 24.3 Å².